The highest BCUT2D eigenvalue weighted by Gasteiger charge is 2.14. The molecule has 1 heterocycles. The summed E-state index contributed by atoms with van der Waals surface area (Å²) in [7, 11) is 3.59. The van der Waals surface area contributed by atoms with Crippen molar-refractivity contribution in [1.82, 2.24) is 9.80 Å². The lowest BCUT2D eigenvalue weighted by atomic mass is 10.2. The van der Waals surface area contributed by atoms with E-state index in [-0.39, 0.29) is 6.61 Å². The van der Waals surface area contributed by atoms with E-state index in [2.05, 4.69) is 9.80 Å². The average molecular weight is 475 g/mol. The minimum Gasteiger partial charge on any atom is -0.497 e. The van der Waals surface area contributed by atoms with Crippen molar-refractivity contribution in [1.29, 1.82) is 0 Å². The average Bonchev–Trinajstić information content (AvgIpc) is 2.85. The molecule has 0 spiro atoms. The van der Waals surface area contributed by atoms with Gasteiger partial charge in [-0.05, 0) is 43.8 Å². The number of hydrogen-bond acceptors (Lipinski definition) is 8. The van der Waals surface area contributed by atoms with E-state index in [1.165, 1.54) is 0 Å². The zero-order valence-corrected chi connectivity index (χ0v) is 20.6. The minimum atomic E-state index is -0.620. The molecule has 3 rings (SSSR count). The summed E-state index contributed by atoms with van der Waals surface area (Å²) in [6, 6.07) is 13.4. The number of aliphatic hydroxyl groups is 1. The van der Waals surface area contributed by atoms with Crippen LogP contribution in [-0.4, -0.2) is 94.4 Å². The van der Waals surface area contributed by atoms with E-state index in [1.54, 1.807) is 13.2 Å². The van der Waals surface area contributed by atoms with Crippen molar-refractivity contribution < 1.29 is 28.8 Å². The summed E-state index contributed by atoms with van der Waals surface area (Å²) in [5.74, 6) is 2.90. The number of benzene rings is 2. The van der Waals surface area contributed by atoms with Crippen molar-refractivity contribution in [3.05, 3.63) is 48.0 Å². The molecule has 34 heavy (non-hydrogen) atoms. The molecule has 2 aromatic rings. The second kappa shape index (κ2) is 14.0. The number of methoxy groups -OCH3 is 1. The summed E-state index contributed by atoms with van der Waals surface area (Å²) in [5, 5.41) is 10.4. The van der Waals surface area contributed by atoms with Crippen LogP contribution in [0.5, 0.6) is 23.0 Å². The van der Waals surface area contributed by atoms with Gasteiger partial charge in [-0.3, -0.25) is 9.80 Å². The molecule has 2 aromatic carbocycles. The summed E-state index contributed by atoms with van der Waals surface area (Å²) in [5.41, 5.74) is 1.09. The van der Waals surface area contributed by atoms with Gasteiger partial charge < -0.3 is 28.8 Å². The van der Waals surface area contributed by atoms with E-state index in [4.69, 9.17) is 23.7 Å². The SMILES string of the molecule is CCOc1cc(CN(C)CC(O)COc2cccc(OC)c2)ccc1OCCN1CCOCC1. The number of morpholine rings is 1. The van der Waals surface area contributed by atoms with Gasteiger partial charge in [-0.2, -0.15) is 0 Å². The van der Waals surface area contributed by atoms with Crippen molar-refractivity contribution in [2.75, 3.05) is 73.4 Å². The van der Waals surface area contributed by atoms with E-state index < -0.39 is 6.10 Å². The van der Waals surface area contributed by atoms with Crippen LogP contribution in [0.15, 0.2) is 42.5 Å². The highest BCUT2D eigenvalue weighted by Crippen LogP contribution is 2.29. The molecule has 0 aromatic heterocycles. The summed E-state index contributed by atoms with van der Waals surface area (Å²) >= 11 is 0. The Labute approximate surface area is 202 Å². The molecule has 8 heteroatoms. The normalized spacial score (nSPS) is 15.2. The quantitative estimate of drug-likeness (QED) is 0.448. The number of aliphatic hydroxyl groups excluding tert-OH is 1. The molecule has 1 N–H and O–H groups in total. The van der Waals surface area contributed by atoms with Gasteiger partial charge in [-0.15, -0.1) is 0 Å². The highest BCUT2D eigenvalue weighted by atomic mass is 16.5. The highest BCUT2D eigenvalue weighted by molar-refractivity contribution is 5.43. The number of hydrogen-bond donors (Lipinski definition) is 1. The predicted molar refractivity (Wildman–Crippen MR) is 131 cm³/mol. The summed E-state index contributed by atoms with van der Waals surface area (Å²) in [6.07, 6.45) is -0.620. The Morgan fingerprint density at radius 3 is 2.59 bits per heavy atom. The summed E-state index contributed by atoms with van der Waals surface area (Å²) in [4.78, 5) is 4.40. The molecule has 1 aliphatic heterocycles. The van der Waals surface area contributed by atoms with Gasteiger partial charge >= 0.3 is 0 Å². The van der Waals surface area contributed by atoms with Crippen molar-refractivity contribution >= 4 is 0 Å². The first kappa shape index (κ1) is 26.1. The van der Waals surface area contributed by atoms with Crippen LogP contribution in [0.4, 0.5) is 0 Å². The Bertz CT molecular complexity index is 859. The number of rotatable bonds is 14. The molecule has 0 radical (unpaired) electrons. The topological polar surface area (TPSA) is 72.9 Å². The first-order valence-corrected chi connectivity index (χ1v) is 11.9. The van der Waals surface area contributed by atoms with E-state index in [1.807, 2.05) is 50.4 Å². The predicted octanol–water partition coefficient (Wildman–Crippen LogP) is 2.68. The van der Waals surface area contributed by atoms with E-state index >= 15 is 0 Å². The van der Waals surface area contributed by atoms with Crippen LogP contribution in [0.2, 0.25) is 0 Å². The van der Waals surface area contributed by atoms with Crippen LogP contribution < -0.4 is 18.9 Å². The maximum Gasteiger partial charge on any atom is 0.161 e. The number of nitrogens with zero attached hydrogens (tertiary/aromatic N) is 2. The minimum absolute atomic E-state index is 0.206. The molecule has 1 saturated heterocycles. The van der Waals surface area contributed by atoms with Crippen LogP contribution in [0.3, 0.4) is 0 Å². The fourth-order valence-electron chi connectivity index (χ4n) is 3.82. The first-order chi connectivity index (χ1) is 16.6. The Morgan fingerprint density at radius 2 is 1.82 bits per heavy atom. The number of likely N-dealkylation sites (N-methyl/N-ethyl adjacent to an activating group) is 1. The maximum absolute atomic E-state index is 10.4. The lowest BCUT2D eigenvalue weighted by molar-refractivity contribution is 0.0320. The fourth-order valence-corrected chi connectivity index (χ4v) is 3.82. The van der Waals surface area contributed by atoms with Gasteiger partial charge in [0.2, 0.25) is 0 Å². The van der Waals surface area contributed by atoms with Crippen molar-refractivity contribution in [2.24, 2.45) is 0 Å². The third kappa shape index (κ3) is 8.68. The molecule has 0 saturated carbocycles. The molecule has 1 atom stereocenters. The Morgan fingerprint density at radius 1 is 1.03 bits per heavy atom. The van der Waals surface area contributed by atoms with Gasteiger partial charge in [-0.25, -0.2) is 0 Å². The zero-order valence-electron chi connectivity index (χ0n) is 20.6. The lowest BCUT2D eigenvalue weighted by Crippen LogP contribution is -2.38. The second-order valence-corrected chi connectivity index (χ2v) is 8.36. The summed E-state index contributed by atoms with van der Waals surface area (Å²) < 4.78 is 28.2. The molecule has 188 valence electrons. The van der Waals surface area contributed by atoms with E-state index in [0.717, 1.165) is 55.7 Å². The van der Waals surface area contributed by atoms with Crippen LogP contribution in [0.25, 0.3) is 0 Å². The van der Waals surface area contributed by atoms with Gasteiger partial charge in [0.05, 0.1) is 26.9 Å². The molecule has 1 unspecified atom stereocenters. The molecular formula is C26H38N2O6. The van der Waals surface area contributed by atoms with Gasteiger partial charge in [0.25, 0.3) is 0 Å². The van der Waals surface area contributed by atoms with Gasteiger partial charge in [0.1, 0.15) is 30.8 Å². The fraction of sp³-hybridized carbons (Fsp3) is 0.538. The molecule has 0 aliphatic carbocycles. The molecular weight excluding hydrogens is 436 g/mol. The molecule has 8 nitrogen and oxygen atoms in total. The third-order valence-corrected chi connectivity index (χ3v) is 5.54. The van der Waals surface area contributed by atoms with Crippen molar-refractivity contribution in [3.8, 4) is 23.0 Å². The molecule has 1 aliphatic rings. The molecule has 0 bridgehead atoms. The third-order valence-electron chi connectivity index (χ3n) is 5.54. The van der Waals surface area contributed by atoms with Gasteiger partial charge in [0.15, 0.2) is 11.5 Å². The Hall–Kier alpha value is -2.52. The Kier molecular flexibility index (Phi) is 10.8. The molecule has 1 fully saturated rings. The first-order valence-electron chi connectivity index (χ1n) is 11.9. The van der Waals surface area contributed by atoms with Gasteiger partial charge in [-0.1, -0.05) is 12.1 Å². The van der Waals surface area contributed by atoms with Crippen LogP contribution in [0.1, 0.15) is 12.5 Å². The standard InChI is InChI=1S/C26H38N2O6/c1-4-32-26-16-21(8-9-25(26)33-15-12-28-10-13-31-14-11-28)18-27(2)19-22(29)20-34-24-7-5-6-23(17-24)30-3/h5-9,16-17,22,29H,4,10-15,18-20H2,1-3H3. The lowest BCUT2D eigenvalue weighted by Gasteiger charge is -2.26. The molecule has 0 amide bonds. The smallest absolute Gasteiger partial charge is 0.161 e. The van der Waals surface area contributed by atoms with E-state index in [0.29, 0.717) is 32.1 Å². The van der Waals surface area contributed by atoms with Gasteiger partial charge in [0, 0.05) is 38.8 Å². The zero-order chi connectivity index (χ0) is 24.2. The van der Waals surface area contributed by atoms with E-state index in [9.17, 15) is 5.11 Å². The number of ether oxygens (including phenoxy) is 5. The van der Waals surface area contributed by atoms with Crippen molar-refractivity contribution in [2.45, 2.75) is 19.6 Å². The maximum atomic E-state index is 10.4. The van der Waals surface area contributed by atoms with Crippen LogP contribution in [0, 0.1) is 0 Å². The second-order valence-electron chi connectivity index (χ2n) is 8.36. The van der Waals surface area contributed by atoms with Crippen molar-refractivity contribution in [3.63, 3.8) is 0 Å². The monoisotopic (exact) mass is 474 g/mol. The Balaban J connectivity index is 1.46. The largest absolute Gasteiger partial charge is 0.497 e. The van der Waals surface area contributed by atoms with Crippen LogP contribution >= 0.6 is 0 Å². The summed E-state index contributed by atoms with van der Waals surface area (Å²) in [6.45, 7) is 8.84. The van der Waals surface area contributed by atoms with Crippen LogP contribution in [-0.2, 0) is 11.3 Å².